The van der Waals surface area contributed by atoms with Gasteiger partial charge >= 0.3 is 0 Å². The molecule has 2 aliphatic rings. The van der Waals surface area contributed by atoms with Gasteiger partial charge in [0.2, 0.25) is 0 Å². The van der Waals surface area contributed by atoms with Crippen LogP contribution in [-0.4, -0.2) is 24.8 Å². The van der Waals surface area contributed by atoms with Gasteiger partial charge in [0, 0.05) is 37.9 Å². The molecule has 15 heavy (non-hydrogen) atoms. The Morgan fingerprint density at radius 2 is 1.87 bits per heavy atom. The standard InChI is InChI=1S/C12H18O3/c13-11-3-1-2-10(8-11)12(14)9-4-6-15-7-5-9/h9-10H,1-8H2. The van der Waals surface area contributed by atoms with Crippen molar-refractivity contribution < 1.29 is 14.3 Å². The summed E-state index contributed by atoms with van der Waals surface area (Å²) in [5.74, 6) is 0.780. The molecule has 1 atom stereocenters. The largest absolute Gasteiger partial charge is 0.381 e. The van der Waals surface area contributed by atoms with Crippen molar-refractivity contribution in [2.45, 2.75) is 38.5 Å². The summed E-state index contributed by atoms with van der Waals surface area (Å²) in [7, 11) is 0. The molecule has 0 aromatic heterocycles. The summed E-state index contributed by atoms with van der Waals surface area (Å²) in [6.07, 6.45) is 4.70. The second kappa shape index (κ2) is 4.88. The van der Waals surface area contributed by atoms with E-state index in [9.17, 15) is 9.59 Å². The SMILES string of the molecule is O=C1CCCC(C(=O)C2CCOCC2)C1. The minimum absolute atomic E-state index is 0.0225. The maximum Gasteiger partial charge on any atom is 0.139 e. The van der Waals surface area contributed by atoms with E-state index >= 15 is 0 Å². The van der Waals surface area contributed by atoms with E-state index in [1.165, 1.54) is 0 Å². The third kappa shape index (κ3) is 2.65. The molecule has 1 unspecified atom stereocenters. The van der Waals surface area contributed by atoms with E-state index in [4.69, 9.17) is 4.74 Å². The molecule has 84 valence electrons. The number of ether oxygens (including phenoxy) is 1. The van der Waals surface area contributed by atoms with Crippen molar-refractivity contribution in [1.29, 1.82) is 0 Å². The molecule has 3 heteroatoms. The number of carbonyl (C=O) groups is 2. The van der Waals surface area contributed by atoms with Gasteiger partial charge in [-0.3, -0.25) is 9.59 Å². The van der Waals surface area contributed by atoms with Crippen LogP contribution in [0.25, 0.3) is 0 Å². The molecule has 0 radical (unpaired) electrons. The van der Waals surface area contributed by atoms with Gasteiger partial charge < -0.3 is 4.74 Å². The monoisotopic (exact) mass is 210 g/mol. The fourth-order valence-electron chi connectivity index (χ4n) is 2.58. The Hall–Kier alpha value is -0.700. The molecule has 1 saturated carbocycles. The zero-order chi connectivity index (χ0) is 10.7. The van der Waals surface area contributed by atoms with Crippen molar-refractivity contribution in [2.24, 2.45) is 11.8 Å². The lowest BCUT2D eigenvalue weighted by molar-refractivity contribution is -0.134. The zero-order valence-electron chi connectivity index (χ0n) is 9.04. The van der Waals surface area contributed by atoms with Crippen LogP contribution in [0, 0.1) is 11.8 Å². The van der Waals surface area contributed by atoms with E-state index in [2.05, 4.69) is 0 Å². The summed E-state index contributed by atoms with van der Waals surface area (Å²) in [6, 6.07) is 0. The summed E-state index contributed by atoms with van der Waals surface area (Å²) in [6.45, 7) is 1.41. The molecule has 1 aliphatic heterocycles. The Morgan fingerprint density at radius 3 is 2.53 bits per heavy atom. The number of rotatable bonds is 2. The molecule has 1 heterocycles. The minimum Gasteiger partial charge on any atom is -0.381 e. The minimum atomic E-state index is 0.0225. The lowest BCUT2D eigenvalue weighted by Gasteiger charge is -2.27. The van der Waals surface area contributed by atoms with Crippen LogP contribution < -0.4 is 0 Å². The van der Waals surface area contributed by atoms with Crippen LogP contribution in [0.2, 0.25) is 0 Å². The third-order valence-electron chi connectivity index (χ3n) is 3.51. The molecule has 3 nitrogen and oxygen atoms in total. The maximum atomic E-state index is 12.1. The quantitative estimate of drug-likeness (QED) is 0.697. The molecule has 0 N–H and O–H groups in total. The van der Waals surface area contributed by atoms with E-state index in [1.54, 1.807) is 0 Å². The van der Waals surface area contributed by atoms with Gasteiger partial charge in [0.15, 0.2) is 0 Å². The van der Waals surface area contributed by atoms with E-state index in [0.29, 0.717) is 31.8 Å². The van der Waals surface area contributed by atoms with Crippen LogP contribution in [0.1, 0.15) is 38.5 Å². The number of Topliss-reactive ketones (excluding diaryl/α,β-unsaturated/α-hetero) is 2. The van der Waals surface area contributed by atoms with Crippen LogP contribution >= 0.6 is 0 Å². The van der Waals surface area contributed by atoms with Gasteiger partial charge in [-0.15, -0.1) is 0 Å². The summed E-state index contributed by atoms with van der Waals surface area (Å²) in [5.41, 5.74) is 0. The Balaban J connectivity index is 1.90. The van der Waals surface area contributed by atoms with Crippen molar-refractivity contribution >= 4 is 11.6 Å². The van der Waals surface area contributed by atoms with Gasteiger partial charge in [-0.25, -0.2) is 0 Å². The van der Waals surface area contributed by atoms with Gasteiger partial charge in [-0.2, -0.15) is 0 Å². The van der Waals surface area contributed by atoms with Crippen molar-refractivity contribution in [3.8, 4) is 0 Å². The van der Waals surface area contributed by atoms with E-state index < -0.39 is 0 Å². The zero-order valence-corrected chi connectivity index (χ0v) is 9.04. The third-order valence-corrected chi connectivity index (χ3v) is 3.51. The van der Waals surface area contributed by atoms with Gasteiger partial charge in [0.1, 0.15) is 11.6 Å². The number of hydrogen-bond acceptors (Lipinski definition) is 3. The van der Waals surface area contributed by atoms with Gasteiger partial charge in [-0.1, -0.05) is 0 Å². The van der Waals surface area contributed by atoms with E-state index in [0.717, 1.165) is 25.7 Å². The summed E-state index contributed by atoms with van der Waals surface area (Å²) in [5, 5.41) is 0. The summed E-state index contributed by atoms with van der Waals surface area (Å²) in [4.78, 5) is 23.4. The van der Waals surface area contributed by atoms with Crippen molar-refractivity contribution in [3.05, 3.63) is 0 Å². The van der Waals surface area contributed by atoms with Crippen LogP contribution in [0.3, 0.4) is 0 Å². The van der Waals surface area contributed by atoms with Crippen molar-refractivity contribution in [2.75, 3.05) is 13.2 Å². The smallest absolute Gasteiger partial charge is 0.139 e. The fourth-order valence-corrected chi connectivity index (χ4v) is 2.58. The highest BCUT2D eigenvalue weighted by Crippen LogP contribution is 2.28. The molecule has 0 spiro atoms. The summed E-state index contributed by atoms with van der Waals surface area (Å²) < 4.78 is 5.24. The first-order valence-corrected chi connectivity index (χ1v) is 5.90. The molecule has 2 rings (SSSR count). The lowest BCUT2D eigenvalue weighted by atomic mass is 9.79. The number of ketones is 2. The van der Waals surface area contributed by atoms with E-state index in [-0.39, 0.29) is 17.6 Å². The van der Waals surface area contributed by atoms with Crippen LogP contribution in [0.4, 0.5) is 0 Å². The first-order valence-electron chi connectivity index (χ1n) is 5.90. The van der Waals surface area contributed by atoms with Crippen molar-refractivity contribution in [3.63, 3.8) is 0 Å². The summed E-state index contributed by atoms with van der Waals surface area (Å²) >= 11 is 0. The Bertz CT molecular complexity index is 254. The highest BCUT2D eigenvalue weighted by molar-refractivity contribution is 5.90. The van der Waals surface area contributed by atoms with Crippen LogP contribution in [0.15, 0.2) is 0 Å². The molecule has 2 fully saturated rings. The lowest BCUT2D eigenvalue weighted by Crippen LogP contribution is -2.31. The number of hydrogen-bond donors (Lipinski definition) is 0. The molecule has 0 aromatic carbocycles. The normalized spacial score (nSPS) is 29.1. The first kappa shape index (κ1) is 10.8. The van der Waals surface area contributed by atoms with Gasteiger partial charge in [0.05, 0.1) is 0 Å². The highest BCUT2D eigenvalue weighted by Gasteiger charge is 2.31. The average molecular weight is 210 g/mol. The van der Waals surface area contributed by atoms with Gasteiger partial charge in [0.25, 0.3) is 0 Å². The molecule has 0 aromatic rings. The predicted octanol–water partition coefficient (Wildman–Crippen LogP) is 1.74. The molecule has 1 aliphatic carbocycles. The van der Waals surface area contributed by atoms with Crippen molar-refractivity contribution in [1.82, 2.24) is 0 Å². The molecule has 0 amide bonds. The van der Waals surface area contributed by atoms with Gasteiger partial charge in [-0.05, 0) is 25.7 Å². The Kier molecular flexibility index (Phi) is 3.52. The molecular weight excluding hydrogens is 192 g/mol. The Morgan fingerprint density at radius 1 is 1.13 bits per heavy atom. The average Bonchev–Trinajstić information content (AvgIpc) is 2.29. The second-order valence-electron chi connectivity index (χ2n) is 4.62. The maximum absolute atomic E-state index is 12.1. The topological polar surface area (TPSA) is 43.4 Å². The fraction of sp³-hybridized carbons (Fsp3) is 0.833. The highest BCUT2D eigenvalue weighted by atomic mass is 16.5. The molecular formula is C12H18O3. The molecule has 1 saturated heterocycles. The second-order valence-corrected chi connectivity index (χ2v) is 4.62. The van der Waals surface area contributed by atoms with Crippen LogP contribution in [0.5, 0.6) is 0 Å². The Labute approximate surface area is 90.2 Å². The van der Waals surface area contributed by atoms with E-state index in [1.807, 2.05) is 0 Å². The molecule has 0 bridgehead atoms. The first-order chi connectivity index (χ1) is 7.27. The predicted molar refractivity (Wildman–Crippen MR) is 55.5 cm³/mol. The van der Waals surface area contributed by atoms with Crippen LogP contribution in [-0.2, 0) is 14.3 Å². The number of carbonyl (C=O) groups excluding carboxylic acids is 2.